The van der Waals surface area contributed by atoms with Gasteiger partial charge in [0, 0.05) is 5.54 Å². The number of likely N-dealkylation sites (tertiary alicyclic amines) is 1. The third kappa shape index (κ3) is 3.06. The molecule has 3 heterocycles. The van der Waals surface area contributed by atoms with Crippen LogP contribution >= 0.6 is 0 Å². The van der Waals surface area contributed by atoms with E-state index in [1.165, 1.54) is 4.90 Å². The van der Waals surface area contributed by atoms with Crippen molar-refractivity contribution in [1.29, 1.82) is 0 Å². The van der Waals surface area contributed by atoms with E-state index in [0.29, 0.717) is 6.42 Å². The van der Waals surface area contributed by atoms with Gasteiger partial charge in [-0.2, -0.15) is 0 Å². The minimum atomic E-state index is -1.11. The predicted molar refractivity (Wildman–Crippen MR) is 105 cm³/mol. The molecule has 0 aliphatic carbocycles. The van der Waals surface area contributed by atoms with E-state index >= 15 is 0 Å². The molecule has 2 amide bonds. The zero-order valence-corrected chi connectivity index (χ0v) is 18.4. The molecule has 2 bridgehead atoms. The number of carbonyl (C=O) groups excluding carboxylic acids is 3. The average Bonchev–Trinajstić information content (AvgIpc) is 3.10. The molecule has 8 nitrogen and oxygen atoms in total. The second kappa shape index (κ2) is 6.94. The van der Waals surface area contributed by atoms with Gasteiger partial charge in [-0.15, -0.1) is 0 Å². The molecule has 7 atom stereocenters. The van der Waals surface area contributed by atoms with Crippen LogP contribution < -0.4 is 5.32 Å². The Morgan fingerprint density at radius 1 is 1.41 bits per heavy atom. The molecule has 2 N–H and O–H groups in total. The highest BCUT2D eigenvalue weighted by Crippen LogP contribution is 2.65. The van der Waals surface area contributed by atoms with Gasteiger partial charge in [0.2, 0.25) is 11.8 Å². The molecule has 1 spiro atoms. The van der Waals surface area contributed by atoms with Crippen molar-refractivity contribution in [3.8, 4) is 0 Å². The van der Waals surface area contributed by atoms with Gasteiger partial charge in [0.05, 0.1) is 30.8 Å². The topological polar surface area (TPSA) is 105 Å². The van der Waals surface area contributed by atoms with Gasteiger partial charge >= 0.3 is 5.97 Å². The average molecular weight is 411 g/mol. The van der Waals surface area contributed by atoms with E-state index in [1.807, 2.05) is 34.6 Å². The number of rotatable bonds is 5. The SMILES string of the molecule is CCOC(=O)[C@@H]1[C@H]2C(=O)N([C@H](C)CO)C(C(=O)NC(C)(C)C)C23CC(C)[C@@]1(C)O3. The Labute approximate surface area is 172 Å². The normalized spacial score (nSPS) is 39.4. The molecule has 3 rings (SSSR count). The Kier molecular flexibility index (Phi) is 5.27. The maximum atomic E-state index is 13.6. The first kappa shape index (κ1) is 22.0. The number of hydrogen-bond acceptors (Lipinski definition) is 6. The molecule has 164 valence electrons. The molecule has 0 aromatic heterocycles. The van der Waals surface area contributed by atoms with Gasteiger partial charge in [-0.05, 0) is 53.9 Å². The van der Waals surface area contributed by atoms with Crippen molar-refractivity contribution in [2.75, 3.05) is 13.2 Å². The second-order valence-electron chi connectivity index (χ2n) is 9.97. The smallest absolute Gasteiger partial charge is 0.312 e. The lowest BCUT2D eigenvalue weighted by Gasteiger charge is -2.37. The molecule has 0 aromatic carbocycles. The maximum Gasteiger partial charge on any atom is 0.312 e. The third-order valence-corrected chi connectivity index (χ3v) is 6.78. The number of nitrogens with zero attached hydrogens (tertiary/aromatic N) is 1. The van der Waals surface area contributed by atoms with Crippen LogP contribution in [0.15, 0.2) is 0 Å². The lowest BCUT2D eigenvalue weighted by molar-refractivity contribution is -0.162. The fraction of sp³-hybridized carbons (Fsp3) is 0.857. The van der Waals surface area contributed by atoms with Gasteiger partial charge in [-0.25, -0.2) is 0 Å². The molecular weight excluding hydrogens is 376 g/mol. The number of aliphatic hydroxyl groups is 1. The van der Waals surface area contributed by atoms with Gasteiger partial charge in [-0.3, -0.25) is 14.4 Å². The maximum absolute atomic E-state index is 13.6. The predicted octanol–water partition coefficient (Wildman–Crippen LogP) is 0.856. The molecule has 3 saturated heterocycles. The van der Waals surface area contributed by atoms with Crippen LogP contribution in [0.3, 0.4) is 0 Å². The Morgan fingerprint density at radius 2 is 2.03 bits per heavy atom. The van der Waals surface area contributed by atoms with E-state index in [9.17, 15) is 19.5 Å². The van der Waals surface area contributed by atoms with Crippen LogP contribution in [-0.4, -0.2) is 69.8 Å². The van der Waals surface area contributed by atoms with Crippen LogP contribution in [-0.2, 0) is 23.9 Å². The van der Waals surface area contributed by atoms with Crippen LogP contribution in [0, 0.1) is 17.8 Å². The van der Waals surface area contributed by atoms with E-state index in [4.69, 9.17) is 9.47 Å². The molecular formula is C21H34N2O6. The van der Waals surface area contributed by atoms with E-state index < -0.39 is 46.6 Å². The Balaban J connectivity index is 2.12. The number of amides is 2. The van der Waals surface area contributed by atoms with Gasteiger partial charge < -0.3 is 24.8 Å². The standard InChI is InChI=1S/C21H34N2O6/c1-8-28-18(27)14-13-17(26)23(12(3)10-24)15(16(25)22-19(4,5)6)21(13)9-11(2)20(14,7)29-21/h11-15,24H,8-10H2,1-7H3,(H,22,25)/t11?,12-,13+,14+,15?,20-,21?/m1/s1. The Hall–Kier alpha value is -1.67. The number of aliphatic hydroxyl groups excluding tert-OH is 1. The summed E-state index contributed by atoms with van der Waals surface area (Å²) in [6.45, 7) is 12.8. The Morgan fingerprint density at radius 3 is 2.55 bits per heavy atom. The molecule has 8 heteroatoms. The first-order valence-corrected chi connectivity index (χ1v) is 10.5. The van der Waals surface area contributed by atoms with Crippen molar-refractivity contribution in [3.05, 3.63) is 0 Å². The summed E-state index contributed by atoms with van der Waals surface area (Å²) >= 11 is 0. The highest BCUT2D eigenvalue weighted by atomic mass is 16.6. The highest BCUT2D eigenvalue weighted by molar-refractivity contribution is 5.98. The van der Waals surface area contributed by atoms with E-state index in [-0.39, 0.29) is 30.9 Å². The van der Waals surface area contributed by atoms with E-state index in [2.05, 4.69) is 5.32 Å². The molecule has 3 aliphatic rings. The first-order chi connectivity index (χ1) is 13.3. The number of ether oxygens (including phenoxy) is 2. The number of esters is 1. The number of nitrogens with one attached hydrogen (secondary N) is 1. The van der Waals surface area contributed by atoms with Crippen molar-refractivity contribution in [1.82, 2.24) is 10.2 Å². The van der Waals surface area contributed by atoms with Crippen LogP contribution in [0.2, 0.25) is 0 Å². The van der Waals surface area contributed by atoms with Gasteiger partial charge in [0.25, 0.3) is 0 Å². The zero-order valence-electron chi connectivity index (χ0n) is 18.4. The fourth-order valence-electron chi connectivity index (χ4n) is 5.57. The van der Waals surface area contributed by atoms with Crippen LogP contribution in [0.4, 0.5) is 0 Å². The highest BCUT2D eigenvalue weighted by Gasteiger charge is 2.80. The summed E-state index contributed by atoms with van der Waals surface area (Å²) in [7, 11) is 0. The van der Waals surface area contributed by atoms with Crippen LogP contribution in [0.1, 0.15) is 54.9 Å². The summed E-state index contributed by atoms with van der Waals surface area (Å²) in [5.74, 6) is -2.72. The van der Waals surface area contributed by atoms with Crippen molar-refractivity contribution in [2.45, 2.75) is 83.7 Å². The van der Waals surface area contributed by atoms with Crippen LogP contribution in [0.5, 0.6) is 0 Å². The largest absolute Gasteiger partial charge is 0.466 e. The van der Waals surface area contributed by atoms with Crippen molar-refractivity contribution in [2.24, 2.45) is 17.8 Å². The molecule has 3 aliphatic heterocycles. The zero-order chi connectivity index (χ0) is 21.9. The van der Waals surface area contributed by atoms with Gasteiger partial charge in [0.15, 0.2) is 0 Å². The molecule has 3 unspecified atom stereocenters. The summed E-state index contributed by atoms with van der Waals surface area (Å²) < 4.78 is 11.8. The van der Waals surface area contributed by atoms with Crippen molar-refractivity contribution < 1.29 is 29.0 Å². The van der Waals surface area contributed by atoms with Crippen molar-refractivity contribution in [3.63, 3.8) is 0 Å². The molecule has 0 radical (unpaired) electrons. The summed E-state index contributed by atoms with van der Waals surface area (Å²) in [6.07, 6.45) is 0.493. The molecule has 0 aromatic rings. The molecule has 0 saturated carbocycles. The van der Waals surface area contributed by atoms with Crippen molar-refractivity contribution >= 4 is 17.8 Å². The van der Waals surface area contributed by atoms with Crippen LogP contribution in [0.25, 0.3) is 0 Å². The summed E-state index contributed by atoms with van der Waals surface area (Å²) in [5.41, 5.74) is -2.49. The fourth-order valence-corrected chi connectivity index (χ4v) is 5.57. The summed E-state index contributed by atoms with van der Waals surface area (Å²) in [6, 6.07) is -1.49. The van der Waals surface area contributed by atoms with Gasteiger partial charge in [0.1, 0.15) is 17.6 Å². The monoisotopic (exact) mass is 410 g/mol. The lowest BCUT2D eigenvalue weighted by atomic mass is 9.62. The quantitative estimate of drug-likeness (QED) is 0.651. The second-order valence-corrected chi connectivity index (χ2v) is 9.97. The minimum Gasteiger partial charge on any atom is -0.466 e. The summed E-state index contributed by atoms with van der Waals surface area (Å²) in [5, 5.41) is 12.7. The molecule has 29 heavy (non-hydrogen) atoms. The number of hydrogen-bond donors (Lipinski definition) is 2. The summed E-state index contributed by atoms with van der Waals surface area (Å²) in [4.78, 5) is 41.3. The third-order valence-electron chi connectivity index (χ3n) is 6.78. The van der Waals surface area contributed by atoms with Gasteiger partial charge in [-0.1, -0.05) is 6.92 Å². The Bertz CT molecular complexity index is 718. The molecule has 3 fully saturated rings. The van der Waals surface area contributed by atoms with E-state index in [1.54, 1.807) is 13.8 Å². The number of fused-ring (bicyclic) bond motifs is 1. The lowest BCUT2D eigenvalue weighted by Crippen LogP contribution is -2.60. The number of carbonyl (C=O) groups is 3. The first-order valence-electron chi connectivity index (χ1n) is 10.5. The minimum absolute atomic E-state index is 0.0322. The van der Waals surface area contributed by atoms with E-state index in [0.717, 1.165) is 0 Å².